The average Bonchev–Trinajstić information content (AvgIpc) is 3.01. The van der Waals surface area contributed by atoms with Crippen LogP contribution in [0.1, 0.15) is 5.56 Å². The van der Waals surface area contributed by atoms with Crippen LogP contribution in [0.2, 0.25) is 0 Å². The van der Waals surface area contributed by atoms with E-state index in [1.54, 1.807) is 0 Å². The van der Waals surface area contributed by atoms with Crippen molar-refractivity contribution in [2.45, 2.75) is 23.7 Å². The lowest BCUT2D eigenvalue weighted by atomic mass is 9.80. The molecule has 8 heteroatoms. The van der Waals surface area contributed by atoms with Gasteiger partial charge in [0.25, 0.3) is 0 Å². The molecule has 2 nitrogen and oxygen atoms in total. The highest BCUT2D eigenvalue weighted by Gasteiger charge is 2.74. The maximum absolute atomic E-state index is 14.8. The fourth-order valence-corrected chi connectivity index (χ4v) is 2.55. The molecule has 2 atom stereocenters. The summed E-state index contributed by atoms with van der Waals surface area (Å²) in [7, 11) is 0. The number of benzene rings is 1. The zero-order valence-corrected chi connectivity index (χ0v) is 11.9. The number of nitrogens with one attached hydrogen (secondary N) is 1. The predicted octanol–water partition coefficient (Wildman–Crippen LogP) is 4.73. The van der Waals surface area contributed by atoms with E-state index in [2.05, 4.69) is 4.98 Å². The standard InChI is InChI=1S/C16H11F6NO/c17-13-5-6-14(18,16(21,22)15(13,19)20)10-7-12(23-8-10)9-1-3-11(24)4-2-9/h1-8,13,23-24H. The first-order valence-corrected chi connectivity index (χ1v) is 6.86. The van der Waals surface area contributed by atoms with Crippen molar-refractivity contribution in [3.63, 3.8) is 0 Å². The number of halogens is 6. The van der Waals surface area contributed by atoms with Crippen LogP contribution in [-0.4, -0.2) is 28.1 Å². The molecule has 0 amide bonds. The van der Waals surface area contributed by atoms with E-state index in [1.807, 2.05) is 0 Å². The van der Waals surface area contributed by atoms with Crippen LogP contribution in [0.5, 0.6) is 5.75 Å². The normalized spacial score (nSPS) is 28.0. The third-order valence-electron chi connectivity index (χ3n) is 4.00. The van der Waals surface area contributed by atoms with Gasteiger partial charge in [-0.15, -0.1) is 0 Å². The highest BCUT2D eigenvalue weighted by molar-refractivity contribution is 5.62. The fraction of sp³-hybridized carbons (Fsp3) is 0.250. The number of phenolic OH excluding ortho intramolecular Hbond substituents is 1. The van der Waals surface area contributed by atoms with Gasteiger partial charge in [0.05, 0.1) is 0 Å². The molecule has 2 aromatic rings. The molecule has 1 aliphatic rings. The number of hydrogen-bond acceptors (Lipinski definition) is 1. The van der Waals surface area contributed by atoms with Crippen LogP contribution < -0.4 is 0 Å². The number of aromatic amines is 1. The van der Waals surface area contributed by atoms with Gasteiger partial charge in [0.1, 0.15) is 5.75 Å². The van der Waals surface area contributed by atoms with Crippen molar-refractivity contribution in [3.8, 4) is 17.0 Å². The SMILES string of the molecule is Oc1ccc(-c2cc(C3(F)C=CC(F)C(F)(F)C3(F)F)c[nH]2)cc1. The maximum Gasteiger partial charge on any atom is 0.354 e. The van der Waals surface area contributed by atoms with Crippen LogP contribution in [0.15, 0.2) is 48.7 Å². The van der Waals surface area contributed by atoms with Gasteiger partial charge in [0.15, 0.2) is 6.17 Å². The molecule has 0 radical (unpaired) electrons. The summed E-state index contributed by atoms with van der Waals surface area (Å²) in [4.78, 5) is 2.51. The van der Waals surface area contributed by atoms with Gasteiger partial charge in [-0.05, 0) is 48.0 Å². The molecular formula is C16H11F6NO. The molecule has 1 heterocycles. The van der Waals surface area contributed by atoms with Gasteiger partial charge in [0, 0.05) is 17.5 Å². The summed E-state index contributed by atoms with van der Waals surface area (Å²) in [5.41, 5.74) is -4.01. The van der Waals surface area contributed by atoms with Crippen molar-refractivity contribution < 1.29 is 31.4 Å². The van der Waals surface area contributed by atoms with Crippen molar-refractivity contribution >= 4 is 0 Å². The predicted molar refractivity (Wildman–Crippen MR) is 74.6 cm³/mol. The third kappa shape index (κ3) is 2.12. The minimum atomic E-state index is -5.26. The van der Waals surface area contributed by atoms with Crippen LogP contribution in [0.4, 0.5) is 26.3 Å². The molecule has 1 aromatic heterocycles. The Morgan fingerprint density at radius 3 is 2.25 bits per heavy atom. The van der Waals surface area contributed by atoms with E-state index in [0.717, 1.165) is 12.3 Å². The van der Waals surface area contributed by atoms with Crippen molar-refractivity contribution in [2.24, 2.45) is 0 Å². The van der Waals surface area contributed by atoms with Crippen LogP contribution >= 0.6 is 0 Å². The van der Waals surface area contributed by atoms with Crippen LogP contribution in [0.25, 0.3) is 11.3 Å². The Balaban J connectivity index is 2.06. The molecule has 1 aliphatic carbocycles. The summed E-state index contributed by atoms with van der Waals surface area (Å²) in [6, 6.07) is 6.43. The second-order valence-corrected chi connectivity index (χ2v) is 5.52. The van der Waals surface area contributed by atoms with Crippen LogP contribution in [0, 0.1) is 0 Å². The van der Waals surface area contributed by atoms with E-state index in [-0.39, 0.29) is 23.6 Å². The number of H-pyrrole nitrogens is 1. The molecule has 2 unspecified atom stereocenters. The summed E-state index contributed by atoms with van der Waals surface area (Å²) in [6.45, 7) is 0. The van der Waals surface area contributed by atoms with E-state index in [1.165, 1.54) is 24.3 Å². The van der Waals surface area contributed by atoms with E-state index in [4.69, 9.17) is 0 Å². The van der Waals surface area contributed by atoms with Crippen molar-refractivity contribution in [3.05, 3.63) is 54.2 Å². The molecule has 0 saturated heterocycles. The lowest BCUT2D eigenvalue weighted by Crippen LogP contribution is -2.59. The number of rotatable bonds is 2. The van der Waals surface area contributed by atoms with Gasteiger partial charge in [-0.2, -0.15) is 17.6 Å². The van der Waals surface area contributed by atoms with E-state index >= 15 is 0 Å². The number of alkyl halides is 6. The van der Waals surface area contributed by atoms with Gasteiger partial charge in [-0.3, -0.25) is 0 Å². The Morgan fingerprint density at radius 1 is 1.00 bits per heavy atom. The Bertz CT molecular complexity index is 782. The van der Waals surface area contributed by atoms with Crippen molar-refractivity contribution in [2.75, 3.05) is 0 Å². The Hall–Kier alpha value is -2.38. The molecule has 1 aromatic carbocycles. The molecular weight excluding hydrogens is 336 g/mol. The second kappa shape index (κ2) is 5.06. The van der Waals surface area contributed by atoms with Gasteiger partial charge < -0.3 is 10.1 Å². The lowest BCUT2D eigenvalue weighted by Gasteiger charge is -2.39. The van der Waals surface area contributed by atoms with Gasteiger partial charge in [-0.25, -0.2) is 8.78 Å². The number of hydrogen-bond donors (Lipinski definition) is 2. The topological polar surface area (TPSA) is 36.0 Å². The van der Waals surface area contributed by atoms with Gasteiger partial charge in [0.2, 0.25) is 5.67 Å². The summed E-state index contributed by atoms with van der Waals surface area (Å²) in [6.07, 6.45) is -2.22. The zero-order chi connectivity index (χ0) is 17.8. The second-order valence-electron chi connectivity index (χ2n) is 5.52. The molecule has 0 aliphatic heterocycles. The van der Waals surface area contributed by atoms with Gasteiger partial charge >= 0.3 is 11.8 Å². The quantitative estimate of drug-likeness (QED) is 0.598. The molecule has 0 saturated carbocycles. The number of allylic oxidation sites excluding steroid dienone is 2. The summed E-state index contributed by atoms with van der Waals surface area (Å²) in [5.74, 6) is -10.5. The average molecular weight is 347 g/mol. The maximum atomic E-state index is 14.8. The fourth-order valence-electron chi connectivity index (χ4n) is 2.55. The number of phenols is 1. The van der Waals surface area contributed by atoms with E-state index in [0.29, 0.717) is 5.56 Å². The van der Waals surface area contributed by atoms with Crippen molar-refractivity contribution in [1.82, 2.24) is 4.98 Å². The van der Waals surface area contributed by atoms with E-state index in [9.17, 15) is 31.4 Å². The minimum absolute atomic E-state index is 0.0390. The van der Waals surface area contributed by atoms with Crippen molar-refractivity contribution in [1.29, 1.82) is 0 Å². The number of aromatic hydroxyl groups is 1. The molecule has 128 valence electrons. The minimum Gasteiger partial charge on any atom is -0.508 e. The molecule has 0 bridgehead atoms. The molecule has 0 spiro atoms. The molecule has 3 rings (SSSR count). The van der Waals surface area contributed by atoms with E-state index < -0.39 is 29.2 Å². The Morgan fingerprint density at radius 2 is 1.62 bits per heavy atom. The lowest BCUT2D eigenvalue weighted by molar-refractivity contribution is -0.285. The summed E-state index contributed by atoms with van der Waals surface area (Å²) in [5, 5.41) is 9.21. The molecule has 2 N–H and O–H groups in total. The molecule has 24 heavy (non-hydrogen) atoms. The first-order chi connectivity index (χ1) is 11.1. The molecule has 0 fully saturated rings. The number of aromatic nitrogens is 1. The highest BCUT2D eigenvalue weighted by Crippen LogP contribution is 2.56. The first-order valence-electron chi connectivity index (χ1n) is 6.86. The van der Waals surface area contributed by atoms with Crippen LogP contribution in [0.3, 0.4) is 0 Å². The highest BCUT2D eigenvalue weighted by atomic mass is 19.3. The summed E-state index contributed by atoms with van der Waals surface area (Å²) < 4.78 is 82.8. The monoisotopic (exact) mass is 347 g/mol. The third-order valence-corrected chi connectivity index (χ3v) is 4.00. The Kier molecular flexibility index (Phi) is 3.47. The van der Waals surface area contributed by atoms with Gasteiger partial charge in [-0.1, -0.05) is 0 Å². The summed E-state index contributed by atoms with van der Waals surface area (Å²) >= 11 is 0. The Labute approximate surface area is 132 Å². The smallest absolute Gasteiger partial charge is 0.354 e. The first kappa shape index (κ1) is 16.5. The zero-order valence-electron chi connectivity index (χ0n) is 11.9. The largest absolute Gasteiger partial charge is 0.508 e. The van der Waals surface area contributed by atoms with Crippen LogP contribution in [-0.2, 0) is 5.67 Å².